The maximum Gasteiger partial charge on any atom is 0.222 e. The van der Waals surface area contributed by atoms with Gasteiger partial charge in [-0.1, -0.05) is 29.8 Å². The molecule has 4 aromatic rings. The zero-order chi connectivity index (χ0) is 18.4. The number of benzene rings is 2. The standard InChI is InChI=1S/C19H18ClN7/c1-13-6-7-14(20)12-17(13)25-8-10-26(11-9-25)18-19-22-23-24-27(19)16-5-3-2-4-15(16)21-18/h2-7,12H,8-11H2,1H3. The first-order valence-electron chi connectivity index (χ1n) is 8.93. The monoisotopic (exact) mass is 379 g/mol. The van der Waals surface area contributed by atoms with Crippen molar-refractivity contribution in [3.05, 3.63) is 53.1 Å². The van der Waals surface area contributed by atoms with Gasteiger partial charge in [-0.25, -0.2) is 4.98 Å². The first kappa shape index (κ1) is 16.3. The molecule has 0 aliphatic carbocycles. The lowest BCUT2D eigenvalue weighted by molar-refractivity contribution is 0.647. The van der Waals surface area contributed by atoms with Crippen LogP contribution in [0.1, 0.15) is 5.56 Å². The molecule has 0 spiro atoms. The Kier molecular flexibility index (Phi) is 3.82. The van der Waals surface area contributed by atoms with Crippen LogP contribution in [0.5, 0.6) is 0 Å². The van der Waals surface area contributed by atoms with Gasteiger partial charge >= 0.3 is 0 Å². The van der Waals surface area contributed by atoms with E-state index in [2.05, 4.69) is 38.3 Å². The Labute approximate surface area is 161 Å². The molecule has 136 valence electrons. The van der Waals surface area contributed by atoms with Crippen LogP contribution in [0, 0.1) is 6.92 Å². The molecular weight excluding hydrogens is 362 g/mol. The summed E-state index contributed by atoms with van der Waals surface area (Å²) in [5.41, 5.74) is 4.93. The van der Waals surface area contributed by atoms with Gasteiger partial charge in [0.2, 0.25) is 5.65 Å². The Bertz CT molecular complexity index is 1130. The summed E-state index contributed by atoms with van der Waals surface area (Å²) in [7, 11) is 0. The zero-order valence-electron chi connectivity index (χ0n) is 14.9. The predicted molar refractivity (Wildman–Crippen MR) is 107 cm³/mol. The Balaban J connectivity index is 1.47. The largest absolute Gasteiger partial charge is 0.368 e. The summed E-state index contributed by atoms with van der Waals surface area (Å²) in [6, 6.07) is 14.0. The highest BCUT2D eigenvalue weighted by Gasteiger charge is 2.23. The van der Waals surface area contributed by atoms with E-state index in [-0.39, 0.29) is 0 Å². The third-order valence-electron chi connectivity index (χ3n) is 5.10. The number of piperazine rings is 1. The fourth-order valence-corrected chi connectivity index (χ4v) is 3.85. The van der Waals surface area contributed by atoms with Crippen molar-refractivity contribution in [2.45, 2.75) is 6.92 Å². The summed E-state index contributed by atoms with van der Waals surface area (Å²) >= 11 is 6.20. The molecule has 5 rings (SSSR count). The molecule has 0 bridgehead atoms. The van der Waals surface area contributed by atoms with Gasteiger partial charge in [-0.15, -0.1) is 5.10 Å². The molecule has 0 saturated carbocycles. The number of halogens is 1. The van der Waals surface area contributed by atoms with Gasteiger partial charge in [-0.3, -0.25) is 0 Å². The van der Waals surface area contributed by atoms with Gasteiger partial charge in [0.1, 0.15) is 0 Å². The van der Waals surface area contributed by atoms with Crippen molar-refractivity contribution in [2.75, 3.05) is 36.0 Å². The summed E-state index contributed by atoms with van der Waals surface area (Å²) in [4.78, 5) is 9.48. The van der Waals surface area contributed by atoms with E-state index in [0.29, 0.717) is 5.65 Å². The van der Waals surface area contributed by atoms with E-state index in [1.54, 1.807) is 4.52 Å². The second kappa shape index (κ2) is 6.35. The number of hydrogen-bond acceptors (Lipinski definition) is 6. The number of tetrazole rings is 1. The maximum absolute atomic E-state index is 6.20. The van der Waals surface area contributed by atoms with E-state index in [9.17, 15) is 0 Å². The van der Waals surface area contributed by atoms with Crippen molar-refractivity contribution in [3.63, 3.8) is 0 Å². The number of para-hydroxylation sites is 2. The molecule has 3 heterocycles. The van der Waals surface area contributed by atoms with Crippen LogP contribution in [0.2, 0.25) is 5.02 Å². The number of aromatic nitrogens is 5. The second-order valence-corrected chi connectivity index (χ2v) is 7.18. The van der Waals surface area contributed by atoms with Crippen molar-refractivity contribution in [1.29, 1.82) is 0 Å². The average Bonchev–Trinajstić information content (AvgIpc) is 3.20. The summed E-state index contributed by atoms with van der Waals surface area (Å²) < 4.78 is 1.77. The topological polar surface area (TPSA) is 62.5 Å². The lowest BCUT2D eigenvalue weighted by atomic mass is 10.1. The third kappa shape index (κ3) is 2.75. The van der Waals surface area contributed by atoms with E-state index in [1.807, 2.05) is 36.4 Å². The Morgan fingerprint density at radius 1 is 0.963 bits per heavy atom. The quantitative estimate of drug-likeness (QED) is 0.533. The number of fused-ring (bicyclic) bond motifs is 3. The molecule has 1 saturated heterocycles. The molecule has 1 aliphatic rings. The van der Waals surface area contributed by atoms with Crippen molar-refractivity contribution in [2.24, 2.45) is 0 Å². The van der Waals surface area contributed by atoms with Gasteiger partial charge in [0.25, 0.3) is 0 Å². The average molecular weight is 380 g/mol. The molecule has 2 aromatic heterocycles. The molecule has 0 atom stereocenters. The number of hydrogen-bond donors (Lipinski definition) is 0. The molecule has 27 heavy (non-hydrogen) atoms. The number of rotatable bonds is 2. The number of anilines is 2. The molecule has 0 unspecified atom stereocenters. The third-order valence-corrected chi connectivity index (χ3v) is 5.33. The Morgan fingerprint density at radius 3 is 2.59 bits per heavy atom. The second-order valence-electron chi connectivity index (χ2n) is 6.74. The summed E-state index contributed by atoms with van der Waals surface area (Å²) in [6.07, 6.45) is 0. The van der Waals surface area contributed by atoms with E-state index in [1.165, 1.54) is 11.3 Å². The van der Waals surface area contributed by atoms with Crippen molar-refractivity contribution >= 4 is 39.8 Å². The van der Waals surface area contributed by atoms with Crippen LogP contribution in [0.25, 0.3) is 16.7 Å². The van der Waals surface area contributed by atoms with Crippen LogP contribution < -0.4 is 9.80 Å². The molecular formula is C19H18ClN7. The minimum atomic E-state index is 0.695. The molecule has 8 heteroatoms. The molecule has 7 nitrogen and oxygen atoms in total. The zero-order valence-corrected chi connectivity index (χ0v) is 15.6. The van der Waals surface area contributed by atoms with Crippen LogP contribution >= 0.6 is 11.6 Å². The Hall–Kier alpha value is -2.93. The highest BCUT2D eigenvalue weighted by atomic mass is 35.5. The first-order valence-corrected chi connectivity index (χ1v) is 9.31. The van der Waals surface area contributed by atoms with Gasteiger partial charge in [-0.05, 0) is 47.2 Å². The van der Waals surface area contributed by atoms with Gasteiger partial charge in [0.15, 0.2) is 5.82 Å². The predicted octanol–water partition coefficient (Wildman–Crippen LogP) is 2.96. The highest BCUT2D eigenvalue weighted by molar-refractivity contribution is 6.30. The number of nitrogens with zero attached hydrogens (tertiary/aromatic N) is 7. The molecule has 0 N–H and O–H groups in total. The lowest BCUT2D eigenvalue weighted by Gasteiger charge is -2.37. The maximum atomic E-state index is 6.20. The Morgan fingerprint density at radius 2 is 1.74 bits per heavy atom. The highest BCUT2D eigenvalue weighted by Crippen LogP contribution is 2.28. The summed E-state index contributed by atoms with van der Waals surface area (Å²) in [5, 5.41) is 13.0. The minimum Gasteiger partial charge on any atom is -0.368 e. The van der Waals surface area contributed by atoms with Crippen molar-refractivity contribution < 1.29 is 0 Å². The first-order chi connectivity index (χ1) is 13.2. The van der Waals surface area contributed by atoms with E-state index in [0.717, 1.165) is 48.1 Å². The van der Waals surface area contributed by atoms with Crippen LogP contribution in [-0.2, 0) is 0 Å². The molecule has 2 aromatic carbocycles. The van der Waals surface area contributed by atoms with Crippen LogP contribution in [0.3, 0.4) is 0 Å². The summed E-state index contributed by atoms with van der Waals surface area (Å²) in [5.74, 6) is 0.834. The molecule has 0 amide bonds. The van der Waals surface area contributed by atoms with Gasteiger partial charge in [0, 0.05) is 36.9 Å². The van der Waals surface area contributed by atoms with Crippen molar-refractivity contribution in [3.8, 4) is 0 Å². The van der Waals surface area contributed by atoms with Gasteiger partial charge in [0.05, 0.1) is 11.0 Å². The fraction of sp³-hybridized carbons (Fsp3) is 0.263. The molecule has 0 radical (unpaired) electrons. The number of aryl methyl sites for hydroxylation is 1. The smallest absolute Gasteiger partial charge is 0.222 e. The minimum absolute atomic E-state index is 0.695. The lowest BCUT2D eigenvalue weighted by Crippen LogP contribution is -2.47. The van der Waals surface area contributed by atoms with Crippen molar-refractivity contribution in [1.82, 2.24) is 25.0 Å². The van der Waals surface area contributed by atoms with E-state index < -0.39 is 0 Å². The SMILES string of the molecule is Cc1ccc(Cl)cc1N1CCN(c2nc3ccccc3n3nnnc23)CC1. The van der Waals surface area contributed by atoms with E-state index in [4.69, 9.17) is 16.6 Å². The van der Waals surface area contributed by atoms with Gasteiger partial charge < -0.3 is 9.80 Å². The fourth-order valence-electron chi connectivity index (χ4n) is 3.69. The van der Waals surface area contributed by atoms with Crippen LogP contribution in [0.15, 0.2) is 42.5 Å². The molecule has 1 aliphatic heterocycles. The van der Waals surface area contributed by atoms with Crippen LogP contribution in [-0.4, -0.2) is 51.2 Å². The van der Waals surface area contributed by atoms with Crippen LogP contribution in [0.4, 0.5) is 11.5 Å². The normalized spacial score (nSPS) is 15.0. The van der Waals surface area contributed by atoms with Gasteiger partial charge in [-0.2, -0.15) is 4.52 Å². The van der Waals surface area contributed by atoms with E-state index >= 15 is 0 Å². The molecule has 1 fully saturated rings. The summed E-state index contributed by atoms with van der Waals surface area (Å²) in [6.45, 7) is 5.60.